The Hall–Kier alpha value is -0.780. The predicted octanol–water partition coefficient (Wildman–Crippen LogP) is 1.48. The molecule has 3 atom stereocenters. The molecule has 16 heavy (non-hydrogen) atoms. The fourth-order valence-electron chi connectivity index (χ4n) is 2.82. The Balaban J connectivity index is 1.98. The number of hydrogen-bond donors (Lipinski definition) is 1. The summed E-state index contributed by atoms with van der Waals surface area (Å²) < 4.78 is 40.8. The van der Waals surface area contributed by atoms with Gasteiger partial charge in [-0.15, -0.1) is 0 Å². The molecule has 0 spiro atoms. The highest BCUT2D eigenvalue weighted by molar-refractivity contribution is 5.76. The third kappa shape index (κ3) is 2.16. The Kier molecular flexibility index (Phi) is 2.64. The van der Waals surface area contributed by atoms with Gasteiger partial charge in [0.25, 0.3) is 0 Å². The Morgan fingerprint density at radius 3 is 2.25 bits per heavy atom. The van der Waals surface area contributed by atoms with Gasteiger partial charge >= 0.3 is 12.1 Å². The average molecular weight is 237 g/mol. The summed E-state index contributed by atoms with van der Waals surface area (Å²) in [5, 5.41) is 3.18. The van der Waals surface area contributed by atoms with Crippen molar-refractivity contribution in [1.82, 2.24) is 5.32 Å². The Bertz CT molecular complexity index is 291. The molecule has 0 aromatic carbocycles. The van der Waals surface area contributed by atoms with Crippen molar-refractivity contribution in [1.29, 1.82) is 0 Å². The molecule has 92 valence electrons. The van der Waals surface area contributed by atoms with Crippen LogP contribution in [0, 0.1) is 11.8 Å². The lowest BCUT2D eigenvalue weighted by atomic mass is 10.0. The standard InChI is InChI=1S/C10H14F3NO2/c1-9(16-8(15)10(11,12)13)2-6-4-14-5-7(6)3-9/h6-7,14H,2-5H2,1H3/t6-,7+,9?. The molecule has 2 fully saturated rings. The maximum atomic E-state index is 12.1. The number of rotatable bonds is 1. The van der Waals surface area contributed by atoms with E-state index < -0.39 is 17.7 Å². The van der Waals surface area contributed by atoms with Gasteiger partial charge in [-0.25, -0.2) is 4.79 Å². The number of carbonyl (C=O) groups excluding carboxylic acids is 1. The molecular weight excluding hydrogens is 223 g/mol. The van der Waals surface area contributed by atoms with Gasteiger partial charge in [0.1, 0.15) is 5.60 Å². The number of esters is 1. The fraction of sp³-hybridized carbons (Fsp3) is 0.900. The molecule has 2 rings (SSSR count). The van der Waals surface area contributed by atoms with Crippen molar-refractivity contribution in [3.8, 4) is 0 Å². The van der Waals surface area contributed by atoms with Crippen molar-refractivity contribution in [2.45, 2.75) is 31.5 Å². The third-order valence-corrected chi connectivity index (χ3v) is 3.44. The van der Waals surface area contributed by atoms with Crippen LogP contribution in [0.25, 0.3) is 0 Å². The summed E-state index contributed by atoms with van der Waals surface area (Å²) in [5.74, 6) is -1.39. The topological polar surface area (TPSA) is 38.3 Å². The van der Waals surface area contributed by atoms with Crippen LogP contribution in [0.3, 0.4) is 0 Å². The van der Waals surface area contributed by atoms with E-state index in [1.807, 2.05) is 0 Å². The first kappa shape index (κ1) is 11.7. The van der Waals surface area contributed by atoms with E-state index >= 15 is 0 Å². The summed E-state index contributed by atoms with van der Waals surface area (Å²) in [6, 6.07) is 0. The predicted molar refractivity (Wildman–Crippen MR) is 49.6 cm³/mol. The van der Waals surface area contributed by atoms with Crippen LogP contribution >= 0.6 is 0 Å². The lowest BCUT2D eigenvalue weighted by Gasteiger charge is -2.26. The van der Waals surface area contributed by atoms with Gasteiger partial charge in [0.2, 0.25) is 0 Å². The molecule has 1 N–H and O–H groups in total. The summed E-state index contributed by atoms with van der Waals surface area (Å²) in [6.45, 7) is 3.21. The van der Waals surface area contributed by atoms with Gasteiger partial charge in [-0.2, -0.15) is 13.2 Å². The van der Waals surface area contributed by atoms with Crippen molar-refractivity contribution in [3.05, 3.63) is 0 Å². The lowest BCUT2D eigenvalue weighted by Crippen LogP contribution is -2.37. The molecule has 1 saturated carbocycles. The largest absolute Gasteiger partial charge is 0.490 e. The summed E-state index contributed by atoms with van der Waals surface area (Å²) >= 11 is 0. The van der Waals surface area contributed by atoms with Crippen LogP contribution in [-0.2, 0) is 9.53 Å². The molecule has 3 nitrogen and oxygen atoms in total. The van der Waals surface area contributed by atoms with Crippen LogP contribution in [0.4, 0.5) is 13.2 Å². The highest BCUT2D eigenvalue weighted by Gasteiger charge is 2.51. The van der Waals surface area contributed by atoms with Crippen molar-refractivity contribution in [3.63, 3.8) is 0 Å². The van der Waals surface area contributed by atoms with E-state index in [1.165, 1.54) is 0 Å². The Labute approximate surface area is 91.3 Å². The molecule has 1 unspecified atom stereocenters. The minimum atomic E-state index is -4.89. The number of hydrogen-bond acceptors (Lipinski definition) is 3. The fourth-order valence-corrected chi connectivity index (χ4v) is 2.82. The van der Waals surface area contributed by atoms with E-state index in [4.69, 9.17) is 0 Å². The zero-order valence-corrected chi connectivity index (χ0v) is 8.93. The zero-order valence-electron chi connectivity index (χ0n) is 8.93. The monoisotopic (exact) mass is 237 g/mol. The number of ether oxygens (including phenoxy) is 1. The first-order chi connectivity index (χ1) is 7.30. The highest BCUT2D eigenvalue weighted by atomic mass is 19.4. The number of nitrogens with one attached hydrogen (secondary N) is 1. The minimum Gasteiger partial charge on any atom is -0.453 e. The van der Waals surface area contributed by atoms with Gasteiger partial charge in [0.05, 0.1) is 0 Å². The molecule has 1 heterocycles. The molecule has 1 aliphatic heterocycles. The van der Waals surface area contributed by atoms with Crippen LogP contribution in [0.1, 0.15) is 19.8 Å². The Morgan fingerprint density at radius 2 is 1.81 bits per heavy atom. The summed E-state index contributed by atoms with van der Waals surface area (Å²) in [4.78, 5) is 10.8. The third-order valence-electron chi connectivity index (χ3n) is 3.44. The van der Waals surface area contributed by atoms with E-state index in [9.17, 15) is 18.0 Å². The lowest BCUT2D eigenvalue weighted by molar-refractivity contribution is -0.212. The Morgan fingerprint density at radius 1 is 1.31 bits per heavy atom. The van der Waals surface area contributed by atoms with Gasteiger partial charge in [0.15, 0.2) is 0 Å². The highest BCUT2D eigenvalue weighted by Crippen LogP contribution is 2.44. The maximum absolute atomic E-state index is 12.1. The number of halogens is 3. The van der Waals surface area contributed by atoms with E-state index in [1.54, 1.807) is 6.92 Å². The van der Waals surface area contributed by atoms with Crippen LogP contribution in [0.2, 0.25) is 0 Å². The van der Waals surface area contributed by atoms with Crippen molar-refractivity contribution >= 4 is 5.97 Å². The maximum Gasteiger partial charge on any atom is 0.490 e. The quantitative estimate of drug-likeness (QED) is 0.702. The van der Waals surface area contributed by atoms with Crippen LogP contribution < -0.4 is 5.32 Å². The van der Waals surface area contributed by atoms with E-state index in [0.717, 1.165) is 13.1 Å². The second-order valence-corrected chi connectivity index (χ2v) is 4.92. The summed E-state index contributed by atoms with van der Waals surface area (Å²) in [5.41, 5.74) is -0.940. The zero-order chi connectivity index (χ0) is 12.0. The second-order valence-electron chi connectivity index (χ2n) is 4.92. The molecular formula is C10H14F3NO2. The van der Waals surface area contributed by atoms with Crippen molar-refractivity contribution in [2.75, 3.05) is 13.1 Å². The number of fused-ring (bicyclic) bond motifs is 1. The molecule has 1 saturated heterocycles. The number of carbonyl (C=O) groups is 1. The van der Waals surface area contributed by atoms with Crippen LogP contribution in [0.15, 0.2) is 0 Å². The second kappa shape index (κ2) is 3.61. The first-order valence-electron chi connectivity index (χ1n) is 5.31. The molecule has 0 amide bonds. The SMILES string of the molecule is CC1(OC(=O)C(F)(F)F)C[C@H]2CNC[C@H]2C1. The summed E-state index contributed by atoms with van der Waals surface area (Å²) in [6.07, 6.45) is -3.85. The molecule has 0 radical (unpaired) electrons. The molecule has 1 aliphatic carbocycles. The van der Waals surface area contributed by atoms with E-state index in [-0.39, 0.29) is 0 Å². The molecule has 2 aliphatic rings. The molecule has 0 bridgehead atoms. The molecule has 6 heteroatoms. The van der Waals surface area contributed by atoms with Gasteiger partial charge in [-0.05, 0) is 44.7 Å². The minimum absolute atomic E-state index is 0.339. The van der Waals surface area contributed by atoms with Gasteiger partial charge in [-0.3, -0.25) is 0 Å². The summed E-state index contributed by atoms with van der Waals surface area (Å²) in [7, 11) is 0. The van der Waals surface area contributed by atoms with Crippen molar-refractivity contribution < 1.29 is 22.7 Å². The van der Waals surface area contributed by atoms with Crippen LogP contribution in [-0.4, -0.2) is 30.8 Å². The van der Waals surface area contributed by atoms with Gasteiger partial charge in [0, 0.05) is 0 Å². The van der Waals surface area contributed by atoms with E-state index in [2.05, 4.69) is 10.1 Å². The molecule has 0 aromatic heterocycles. The normalized spacial score (nSPS) is 38.5. The average Bonchev–Trinajstić information content (AvgIpc) is 2.59. The van der Waals surface area contributed by atoms with E-state index in [0.29, 0.717) is 24.7 Å². The van der Waals surface area contributed by atoms with Gasteiger partial charge in [-0.1, -0.05) is 0 Å². The number of alkyl halides is 3. The smallest absolute Gasteiger partial charge is 0.453 e. The van der Waals surface area contributed by atoms with Crippen molar-refractivity contribution in [2.24, 2.45) is 11.8 Å². The van der Waals surface area contributed by atoms with Crippen LogP contribution in [0.5, 0.6) is 0 Å². The first-order valence-corrected chi connectivity index (χ1v) is 5.31. The van der Waals surface area contributed by atoms with Gasteiger partial charge < -0.3 is 10.1 Å². The molecule has 0 aromatic rings.